The van der Waals surface area contributed by atoms with E-state index in [0.29, 0.717) is 24.9 Å². The van der Waals surface area contributed by atoms with Gasteiger partial charge in [0.2, 0.25) is 11.8 Å². The maximum Gasteiger partial charge on any atom is 0.235 e. The third-order valence-corrected chi connectivity index (χ3v) is 5.36. The minimum absolute atomic E-state index is 0.198. The van der Waals surface area contributed by atoms with Crippen molar-refractivity contribution in [2.45, 2.75) is 44.7 Å². The topological polar surface area (TPSA) is 79.3 Å². The first-order valence-corrected chi connectivity index (χ1v) is 9.23. The molecule has 0 bridgehead atoms. The zero-order valence-corrected chi connectivity index (χ0v) is 15.5. The molecular weight excluding hydrogens is 330 g/mol. The Morgan fingerprint density at radius 2 is 1.88 bits per heavy atom. The van der Waals surface area contributed by atoms with Gasteiger partial charge in [0.25, 0.3) is 0 Å². The van der Waals surface area contributed by atoms with Crippen LogP contribution in [0.5, 0.6) is 0 Å². The molecule has 3 atom stereocenters. The normalized spacial score (nSPS) is 27.0. The van der Waals surface area contributed by atoms with E-state index in [1.165, 1.54) is 5.69 Å². The Morgan fingerprint density at radius 1 is 1.15 bits per heavy atom. The number of imide groups is 1. The summed E-state index contributed by atoms with van der Waals surface area (Å²) in [4.78, 5) is 26.1. The third kappa shape index (κ3) is 2.96. The van der Waals surface area contributed by atoms with Gasteiger partial charge in [-0.05, 0) is 38.5 Å². The molecule has 0 saturated carbocycles. The standard InChI is InChI=1S/C19H25N5O2/c1-11-9-24(10-12(2)20-11)13-4-5-14-16(8-13)23(3)22-18(14)15-6-7-17(25)21-19(15)26/h4-5,8,11-12,15,20H,6-7,9-10H2,1-3H3,(H,21,25,26). The van der Waals surface area contributed by atoms with E-state index < -0.39 is 0 Å². The number of carbonyl (C=O) groups excluding carboxylic acids is 2. The molecule has 7 heteroatoms. The summed E-state index contributed by atoms with van der Waals surface area (Å²) in [6.45, 7) is 6.33. The highest BCUT2D eigenvalue weighted by Crippen LogP contribution is 2.32. The van der Waals surface area contributed by atoms with Crippen LogP contribution in [0, 0.1) is 0 Å². The molecule has 26 heavy (non-hydrogen) atoms. The van der Waals surface area contributed by atoms with E-state index in [9.17, 15) is 9.59 Å². The lowest BCUT2D eigenvalue weighted by Crippen LogP contribution is -2.54. The molecule has 4 rings (SSSR count). The van der Waals surface area contributed by atoms with E-state index in [1.807, 2.05) is 11.7 Å². The smallest absolute Gasteiger partial charge is 0.235 e. The Hall–Kier alpha value is -2.41. The number of aryl methyl sites for hydroxylation is 1. The minimum atomic E-state index is -0.360. The van der Waals surface area contributed by atoms with E-state index in [-0.39, 0.29) is 17.7 Å². The monoisotopic (exact) mass is 355 g/mol. The molecule has 3 heterocycles. The third-order valence-electron chi connectivity index (χ3n) is 5.36. The van der Waals surface area contributed by atoms with Crippen molar-refractivity contribution in [3.63, 3.8) is 0 Å². The Morgan fingerprint density at radius 3 is 2.58 bits per heavy atom. The number of fused-ring (bicyclic) bond motifs is 1. The van der Waals surface area contributed by atoms with Crippen molar-refractivity contribution in [1.82, 2.24) is 20.4 Å². The molecule has 7 nitrogen and oxygen atoms in total. The highest BCUT2D eigenvalue weighted by molar-refractivity contribution is 6.02. The van der Waals surface area contributed by atoms with E-state index >= 15 is 0 Å². The predicted octanol–water partition coefficient (Wildman–Crippen LogP) is 1.28. The maximum atomic E-state index is 12.2. The van der Waals surface area contributed by atoms with Gasteiger partial charge in [-0.15, -0.1) is 0 Å². The van der Waals surface area contributed by atoms with Gasteiger partial charge in [0, 0.05) is 49.7 Å². The average Bonchev–Trinajstić information content (AvgIpc) is 2.90. The van der Waals surface area contributed by atoms with Gasteiger partial charge in [-0.3, -0.25) is 19.6 Å². The van der Waals surface area contributed by atoms with Crippen LogP contribution in [0.2, 0.25) is 0 Å². The number of hydrogen-bond donors (Lipinski definition) is 2. The van der Waals surface area contributed by atoms with E-state index in [0.717, 1.165) is 29.7 Å². The molecule has 2 aliphatic rings. The van der Waals surface area contributed by atoms with Crippen LogP contribution in [0.4, 0.5) is 5.69 Å². The highest BCUT2D eigenvalue weighted by Gasteiger charge is 2.31. The summed E-state index contributed by atoms with van der Waals surface area (Å²) in [5, 5.41) is 11.6. The average molecular weight is 355 g/mol. The summed E-state index contributed by atoms with van der Waals surface area (Å²) in [6.07, 6.45) is 0.883. The Kier molecular flexibility index (Phi) is 4.19. The SMILES string of the molecule is CC1CN(c2ccc3c(C4CCC(=O)NC4=O)nn(C)c3c2)CC(C)N1. The molecule has 138 valence electrons. The Labute approximate surface area is 152 Å². The van der Waals surface area contributed by atoms with Crippen LogP contribution in [-0.4, -0.2) is 46.8 Å². The van der Waals surface area contributed by atoms with Crippen molar-refractivity contribution in [3.05, 3.63) is 23.9 Å². The fraction of sp³-hybridized carbons (Fsp3) is 0.526. The van der Waals surface area contributed by atoms with Crippen LogP contribution in [0.1, 0.15) is 38.3 Å². The summed E-state index contributed by atoms with van der Waals surface area (Å²) in [5.41, 5.74) is 2.96. The van der Waals surface area contributed by atoms with Crippen molar-refractivity contribution in [2.75, 3.05) is 18.0 Å². The molecule has 2 aliphatic heterocycles. The largest absolute Gasteiger partial charge is 0.368 e. The predicted molar refractivity (Wildman–Crippen MR) is 100 cm³/mol. The maximum absolute atomic E-state index is 12.2. The molecule has 0 spiro atoms. The van der Waals surface area contributed by atoms with Crippen LogP contribution < -0.4 is 15.5 Å². The molecule has 2 N–H and O–H groups in total. The van der Waals surface area contributed by atoms with Crippen molar-refractivity contribution >= 4 is 28.4 Å². The molecule has 2 aromatic rings. The second-order valence-corrected chi connectivity index (χ2v) is 7.59. The fourth-order valence-electron chi connectivity index (χ4n) is 4.22. The summed E-state index contributed by atoms with van der Waals surface area (Å²) in [5.74, 6) is -0.799. The van der Waals surface area contributed by atoms with Gasteiger partial charge >= 0.3 is 0 Å². The first-order valence-electron chi connectivity index (χ1n) is 9.23. The van der Waals surface area contributed by atoms with Gasteiger partial charge < -0.3 is 10.2 Å². The Bertz CT molecular complexity index is 864. The zero-order chi connectivity index (χ0) is 18.4. The van der Waals surface area contributed by atoms with E-state index in [1.54, 1.807) is 0 Å². The van der Waals surface area contributed by atoms with E-state index in [2.05, 4.69) is 52.7 Å². The summed E-state index contributed by atoms with van der Waals surface area (Å²) < 4.78 is 1.84. The minimum Gasteiger partial charge on any atom is -0.368 e. The lowest BCUT2D eigenvalue weighted by molar-refractivity contribution is -0.134. The number of carbonyl (C=O) groups is 2. The lowest BCUT2D eigenvalue weighted by atomic mass is 9.93. The second-order valence-electron chi connectivity index (χ2n) is 7.59. The molecule has 1 aromatic carbocycles. The molecule has 0 radical (unpaired) electrons. The van der Waals surface area contributed by atoms with Gasteiger partial charge in [0.05, 0.1) is 17.1 Å². The second kappa shape index (κ2) is 6.39. The van der Waals surface area contributed by atoms with Crippen LogP contribution >= 0.6 is 0 Å². The first-order chi connectivity index (χ1) is 12.4. The van der Waals surface area contributed by atoms with Crippen molar-refractivity contribution in [3.8, 4) is 0 Å². The van der Waals surface area contributed by atoms with Crippen LogP contribution in [0.3, 0.4) is 0 Å². The summed E-state index contributed by atoms with van der Waals surface area (Å²) in [7, 11) is 1.91. The lowest BCUT2D eigenvalue weighted by Gasteiger charge is -2.37. The number of hydrogen-bond acceptors (Lipinski definition) is 5. The van der Waals surface area contributed by atoms with E-state index in [4.69, 9.17) is 0 Å². The molecule has 2 saturated heterocycles. The van der Waals surface area contributed by atoms with Gasteiger partial charge in [0.15, 0.2) is 0 Å². The molecule has 2 amide bonds. The number of piperazine rings is 1. The van der Waals surface area contributed by atoms with Crippen molar-refractivity contribution in [1.29, 1.82) is 0 Å². The van der Waals surface area contributed by atoms with Crippen molar-refractivity contribution in [2.24, 2.45) is 7.05 Å². The highest BCUT2D eigenvalue weighted by atomic mass is 16.2. The molecule has 1 aromatic heterocycles. The first kappa shape index (κ1) is 17.0. The van der Waals surface area contributed by atoms with Gasteiger partial charge in [-0.1, -0.05) is 0 Å². The molecule has 0 aliphatic carbocycles. The zero-order valence-electron chi connectivity index (χ0n) is 15.5. The number of piperidine rings is 1. The van der Waals surface area contributed by atoms with Crippen molar-refractivity contribution < 1.29 is 9.59 Å². The van der Waals surface area contributed by atoms with Gasteiger partial charge in [-0.25, -0.2) is 0 Å². The summed E-state index contributed by atoms with van der Waals surface area (Å²) >= 11 is 0. The number of rotatable bonds is 2. The van der Waals surface area contributed by atoms with Crippen LogP contribution in [0.15, 0.2) is 18.2 Å². The number of amides is 2. The molecular formula is C19H25N5O2. The number of benzene rings is 1. The number of anilines is 1. The van der Waals surface area contributed by atoms with Gasteiger partial charge in [0.1, 0.15) is 0 Å². The van der Waals surface area contributed by atoms with Gasteiger partial charge in [-0.2, -0.15) is 5.10 Å². The fourth-order valence-corrected chi connectivity index (χ4v) is 4.22. The number of nitrogens with zero attached hydrogens (tertiary/aromatic N) is 3. The molecule has 3 unspecified atom stereocenters. The summed E-state index contributed by atoms with van der Waals surface area (Å²) in [6, 6.07) is 7.22. The van der Waals surface area contributed by atoms with Crippen LogP contribution in [-0.2, 0) is 16.6 Å². The quantitative estimate of drug-likeness (QED) is 0.794. The Balaban J connectivity index is 1.69. The molecule has 2 fully saturated rings. The number of nitrogens with one attached hydrogen (secondary N) is 2. The van der Waals surface area contributed by atoms with Crippen LogP contribution in [0.25, 0.3) is 10.9 Å². The number of aromatic nitrogens is 2.